The maximum Gasteiger partial charge on any atom is 0.247 e. The highest BCUT2D eigenvalue weighted by molar-refractivity contribution is 7.99. The van der Waals surface area contributed by atoms with Crippen molar-refractivity contribution >= 4 is 22.7 Å². The van der Waals surface area contributed by atoms with E-state index in [-0.39, 0.29) is 5.41 Å². The van der Waals surface area contributed by atoms with E-state index in [1.54, 1.807) is 6.92 Å². The zero-order valence-corrected chi connectivity index (χ0v) is 15.7. The van der Waals surface area contributed by atoms with Crippen molar-refractivity contribution in [2.24, 2.45) is 0 Å². The minimum absolute atomic E-state index is 0.196. The van der Waals surface area contributed by atoms with Crippen LogP contribution in [0.3, 0.4) is 0 Å². The van der Waals surface area contributed by atoms with Crippen molar-refractivity contribution in [3.8, 4) is 22.6 Å². The highest BCUT2D eigenvalue weighted by Gasteiger charge is 2.30. The summed E-state index contributed by atoms with van der Waals surface area (Å²) >= 11 is 1.94. The summed E-state index contributed by atoms with van der Waals surface area (Å²) in [7, 11) is 0. The van der Waals surface area contributed by atoms with Crippen molar-refractivity contribution in [3.05, 3.63) is 54.1 Å². The van der Waals surface area contributed by atoms with Crippen molar-refractivity contribution in [2.45, 2.75) is 31.1 Å². The van der Waals surface area contributed by atoms with Gasteiger partial charge in [-0.2, -0.15) is 0 Å². The number of aromatic nitrogens is 2. The summed E-state index contributed by atoms with van der Waals surface area (Å²) in [4.78, 5) is 1.38. The van der Waals surface area contributed by atoms with Gasteiger partial charge in [0.25, 0.3) is 0 Å². The molecule has 3 heterocycles. The van der Waals surface area contributed by atoms with Crippen LogP contribution >= 0.6 is 11.8 Å². The lowest BCUT2D eigenvalue weighted by atomic mass is 9.85. The van der Waals surface area contributed by atoms with Gasteiger partial charge in [0.15, 0.2) is 0 Å². The molecule has 0 atom stereocenters. The molecule has 0 saturated heterocycles. The molecule has 26 heavy (non-hydrogen) atoms. The number of nitrogens with zero attached hydrogens (tertiary/aromatic N) is 2. The predicted octanol–water partition coefficient (Wildman–Crippen LogP) is 5.84. The molecule has 1 aliphatic heterocycles. The number of fused-ring (bicyclic) bond motifs is 2. The molecule has 0 spiro atoms. The van der Waals surface area contributed by atoms with Gasteiger partial charge in [-0.05, 0) is 41.5 Å². The number of hydrogen-bond donors (Lipinski definition) is 0. The van der Waals surface area contributed by atoms with Gasteiger partial charge >= 0.3 is 0 Å². The van der Waals surface area contributed by atoms with E-state index in [9.17, 15) is 0 Å². The largest absolute Gasteiger partial charge is 0.464 e. The van der Waals surface area contributed by atoms with E-state index in [4.69, 9.17) is 8.83 Å². The van der Waals surface area contributed by atoms with Crippen LogP contribution in [-0.2, 0) is 5.41 Å². The number of aryl methyl sites for hydroxylation is 1. The fraction of sp³-hybridized carbons (Fsp3) is 0.238. The lowest BCUT2D eigenvalue weighted by Crippen LogP contribution is -2.15. The van der Waals surface area contributed by atoms with Crippen LogP contribution in [0.5, 0.6) is 0 Å². The Kier molecular flexibility index (Phi) is 3.31. The third-order valence-corrected chi connectivity index (χ3v) is 6.49. The average Bonchev–Trinajstić information content (AvgIpc) is 3.32. The second kappa shape index (κ2) is 5.48. The number of thioether (sulfide) groups is 1. The predicted molar refractivity (Wildman–Crippen MR) is 103 cm³/mol. The molecular formula is C21H18N2O2S. The first kappa shape index (κ1) is 15.7. The number of furan rings is 1. The molecule has 1 aliphatic rings. The lowest BCUT2D eigenvalue weighted by Gasteiger charge is -2.18. The molecule has 4 aromatic rings. The molecule has 2 aromatic heterocycles. The van der Waals surface area contributed by atoms with Crippen LogP contribution in [0.4, 0.5) is 0 Å². The third-order valence-electron chi connectivity index (χ3n) is 4.95. The molecule has 0 bridgehead atoms. The Hall–Kier alpha value is -2.53. The highest BCUT2D eigenvalue weighted by atomic mass is 32.2. The van der Waals surface area contributed by atoms with Gasteiger partial charge in [0.2, 0.25) is 11.8 Å². The smallest absolute Gasteiger partial charge is 0.247 e. The first-order valence-corrected chi connectivity index (χ1v) is 9.59. The second-order valence-electron chi connectivity index (χ2n) is 7.37. The SMILES string of the molecule is Cc1nnc(-c2ccc3occ(-c4ccc5c(c4)C(C)(C)CS5)c3c2)o1. The number of benzene rings is 2. The molecule has 0 radical (unpaired) electrons. The standard InChI is InChI=1S/C21H18N2O2S/c1-12-22-23-20(25-12)14-4-6-18-15(8-14)16(10-24-18)13-5-7-19-17(9-13)21(2,3)11-26-19/h4-10H,11H2,1-3H3. The average molecular weight is 362 g/mol. The van der Waals surface area contributed by atoms with Crippen molar-refractivity contribution in [1.29, 1.82) is 0 Å². The summed E-state index contributed by atoms with van der Waals surface area (Å²) in [5.74, 6) is 2.22. The fourth-order valence-corrected chi connectivity index (χ4v) is 4.81. The molecule has 2 aromatic carbocycles. The van der Waals surface area contributed by atoms with Gasteiger partial charge in [0.05, 0.1) is 6.26 Å². The summed E-state index contributed by atoms with van der Waals surface area (Å²) in [6, 6.07) is 12.7. The Morgan fingerprint density at radius 3 is 2.69 bits per heavy atom. The maximum atomic E-state index is 5.80. The molecule has 0 aliphatic carbocycles. The summed E-state index contributed by atoms with van der Waals surface area (Å²) < 4.78 is 11.4. The molecule has 0 amide bonds. The summed E-state index contributed by atoms with van der Waals surface area (Å²) in [5, 5.41) is 9.11. The topological polar surface area (TPSA) is 52.1 Å². The van der Waals surface area contributed by atoms with Crippen LogP contribution in [0.15, 0.2) is 56.4 Å². The van der Waals surface area contributed by atoms with E-state index < -0.39 is 0 Å². The maximum absolute atomic E-state index is 5.80. The lowest BCUT2D eigenvalue weighted by molar-refractivity contribution is 0.533. The molecule has 5 heteroatoms. The van der Waals surface area contributed by atoms with Crippen LogP contribution in [0, 0.1) is 6.92 Å². The number of rotatable bonds is 2. The zero-order valence-electron chi connectivity index (χ0n) is 14.9. The van der Waals surface area contributed by atoms with E-state index in [2.05, 4.69) is 48.3 Å². The molecule has 0 fully saturated rings. The van der Waals surface area contributed by atoms with E-state index in [0.29, 0.717) is 11.8 Å². The van der Waals surface area contributed by atoms with E-state index >= 15 is 0 Å². The second-order valence-corrected chi connectivity index (χ2v) is 8.39. The van der Waals surface area contributed by atoms with Gasteiger partial charge < -0.3 is 8.83 Å². The van der Waals surface area contributed by atoms with Gasteiger partial charge in [-0.1, -0.05) is 19.9 Å². The third kappa shape index (κ3) is 2.38. The quantitative estimate of drug-likeness (QED) is 0.448. The van der Waals surface area contributed by atoms with Crippen LogP contribution in [0.2, 0.25) is 0 Å². The van der Waals surface area contributed by atoms with Gasteiger partial charge in [0, 0.05) is 39.5 Å². The Labute approximate surface area is 155 Å². The molecule has 0 saturated carbocycles. The summed E-state index contributed by atoms with van der Waals surface area (Å²) in [6.45, 7) is 6.40. The van der Waals surface area contributed by atoms with Gasteiger partial charge in [-0.3, -0.25) is 0 Å². The molecule has 0 N–H and O–H groups in total. The normalized spacial score (nSPS) is 15.5. The molecule has 0 unspecified atom stereocenters. The van der Waals surface area contributed by atoms with Gasteiger partial charge in [-0.15, -0.1) is 22.0 Å². The Balaban J connectivity index is 1.66. The minimum atomic E-state index is 0.196. The molecule has 4 nitrogen and oxygen atoms in total. The molecular weight excluding hydrogens is 344 g/mol. The summed E-state index contributed by atoms with van der Waals surface area (Å²) in [5.41, 5.74) is 5.64. The van der Waals surface area contributed by atoms with Crippen molar-refractivity contribution in [3.63, 3.8) is 0 Å². The Morgan fingerprint density at radius 1 is 1.04 bits per heavy atom. The van der Waals surface area contributed by atoms with Crippen LogP contribution in [0.25, 0.3) is 33.6 Å². The van der Waals surface area contributed by atoms with Crippen LogP contribution in [0.1, 0.15) is 25.3 Å². The Morgan fingerprint density at radius 2 is 1.88 bits per heavy atom. The van der Waals surface area contributed by atoms with Crippen LogP contribution < -0.4 is 0 Å². The van der Waals surface area contributed by atoms with Crippen molar-refractivity contribution in [2.75, 3.05) is 5.75 Å². The van der Waals surface area contributed by atoms with E-state index in [1.807, 2.05) is 30.2 Å². The zero-order chi connectivity index (χ0) is 17.9. The van der Waals surface area contributed by atoms with Crippen LogP contribution in [-0.4, -0.2) is 16.0 Å². The monoisotopic (exact) mass is 362 g/mol. The van der Waals surface area contributed by atoms with Gasteiger partial charge in [0.1, 0.15) is 5.58 Å². The summed E-state index contributed by atoms with van der Waals surface area (Å²) in [6.07, 6.45) is 1.84. The first-order valence-electron chi connectivity index (χ1n) is 8.61. The van der Waals surface area contributed by atoms with Gasteiger partial charge in [-0.25, -0.2) is 0 Å². The molecule has 5 rings (SSSR count). The van der Waals surface area contributed by atoms with E-state index in [1.165, 1.54) is 16.0 Å². The highest BCUT2D eigenvalue weighted by Crippen LogP contribution is 2.45. The van der Waals surface area contributed by atoms with Crippen molar-refractivity contribution < 1.29 is 8.83 Å². The number of hydrogen-bond acceptors (Lipinski definition) is 5. The minimum Gasteiger partial charge on any atom is -0.464 e. The first-order chi connectivity index (χ1) is 12.5. The fourth-order valence-electron chi connectivity index (χ4n) is 3.49. The van der Waals surface area contributed by atoms with Crippen molar-refractivity contribution in [1.82, 2.24) is 10.2 Å². The van der Waals surface area contributed by atoms with E-state index in [0.717, 1.165) is 27.8 Å². The Bertz CT molecular complexity index is 1140. The molecule has 130 valence electrons.